The third-order valence-electron chi connectivity index (χ3n) is 3.25. The van der Waals surface area contributed by atoms with Gasteiger partial charge >= 0.3 is 0 Å². The van der Waals surface area contributed by atoms with Crippen LogP contribution in [0.4, 0.5) is 0 Å². The second-order valence-electron chi connectivity index (χ2n) is 4.45. The molecule has 0 saturated heterocycles. The molecule has 0 atom stereocenters. The van der Waals surface area contributed by atoms with Crippen molar-refractivity contribution in [3.05, 3.63) is 11.9 Å². The van der Waals surface area contributed by atoms with E-state index in [0.717, 1.165) is 18.9 Å². The van der Waals surface area contributed by atoms with E-state index in [1.54, 1.807) is 0 Å². The van der Waals surface area contributed by atoms with Crippen LogP contribution in [0.3, 0.4) is 0 Å². The van der Waals surface area contributed by atoms with Crippen LogP contribution in [0.1, 0.15) is 37.8 Å². The maximum atomic E-state index is 5.55. The molecule has 0 radical (unpaired) electrons. The SMILES string of the molecule is NCCc1cnnn1CC1CCCCC1. The Labute approximate surface area is 90.8 Å². The third-order valence-corrected chi connectivity index (χ3v) is 3.25. The molecule has 4 heteroatoms. The molecule has 1 aromatic heterocycles. The third kappa shape index (κ3) is 2.78. The first kappa shape index (κ1) is 10.6. The van der Waals surface area contributed by atoms with Gasteiger partial charge in [-0.3, -0.25) is 0 Å². The van der Waals surface area contributed by atoms with Crippen LogP contribution in [0.5, 0.6) is 0 Å². The molecular weight excluding hydrogens is 188 g/mol. The number of nitrogens with zero attached hydrogens (tertiary/aromatic N) is 3. The molecule has 0 unspecified atom stereocenters. The van der Waals surface area contributed by atoms with Crippen LogP contribution >= 0.6 is 0 Å². The van der Waals surface area contributed by atoms with Gasteiger partial charge in [0, 0.05) is 13.0 Å². The van der Waals surface area contributed by atoms with Crippen molar-refractivity contribution < 1.29 is 0 Å². The van der Waals surface area contributed by atoms with Crippen LogP contribution in [0.2, 0.25) is 0 Å². The lowest BCUT2D eigenvalue weighted by atomic mass is 9.89. The van der Waals surface area contributed by atoms with Gasteiger partial charge in [-0.1, -0.05) is 24.5 Å². The summed E-state index contributed by atoms with van der Waals surface area (Å²) in [6.45, 7) is 1.72. The van der Waals surface area contributed by atoms with E-state index in [9.17, 15) is 0 Å². The highest BCUT2D eigenvalue weighted by Gasteiger charge is 2.15. The van der Waals surface area contributed by atoms with Crippen molar-refractivity contribution in [3.63, 3.8) is 0 Å². The summed E-state index contributed by atoms with van der Waals surface area (Å²) >= 11 is 0. The normalized spacial score (nSPS) is 18.2. The van der Waals surface area contributed by atoms with Crippen molar-refractivity contribution in [2.24, 2.45) is 11.7 Å². The zero-order valence-corrected chi connectivity index (χ0v) is 9.23. The van der Waals surface area contributed by atoms with Crippen molar-refractivity contribution in [2.75, 3.05) is 6.54 Å². The van der Waals surface area contributed by atoms with E-state index in [1.165, 1.54) is 37.8 Å². The molecule has 0 aromatic carbocycles. The summed E-state index contributed by atoms with van der Waals surface area (Å²) in [4.78, 5) is 0. The average Bonchev–Trinajstić information content (AvgIpc) is 2.68. The highest BCUT2D eigenvalue weighted by molar-refractivity contribution is 4.94. The second-order valence-corrected chi connectivity index (χ2v) is 4.45. The van der Waals surface area contributed by atoms with Crippen LogP contribution in [-0.2, 0) is 13.0 Å². The minimum Gasteiger partial charge on any atom is -0.330 e. The summed E-state index contributed by atoms with van der Waals surface area (Å²) in [5.41, 5.74) is 6.74. The summed E-state index contributed by atoms with van der Waals surface area (Å²) < 4.78 is 2.04. The van der Waals surface area contributed by atoms with Crippen molar-refractivity contribution >= 4 is 0 Å². The molecule has 15 heavy (non-hydrogen) atoms. The molecule has 0 amide bonds. The first-order valence-corrected chi connectivity index (χ1v) is 5.97. The molecule has 1 aliphatic carbocycles. The zero-order valence-electron chi connectivity index (χ0n) is 9.23. The van der Waals surface area contributed by atoms with Crippen LogP contribution < -0.4 is 5.73 Å². The van der Waals surface area contributed by atoms with Crippen molar-refractivity contribution in [1.29, 1.82) is 0 Å². The molecular formula is C11H20N4. The van der Waals surface area contributed by atoms with E-state index in [2.05, 4.69) is 10.3 Å². The largest absolute Gasteiger partial charge is 0.330 e. The predicted octanol–water partition coefficient (Wildman–Crippen LogP) is 1.36. The fourth-order valence-electron chi connectivity index (χ4n) is 2.39. The fraction of sp³-hybridized carbons (Fsp3) is 0.818. The van der Waals surface area contributed by atoms with Gasteiger partial charge in [0.1, 0.15) is 0 Å². The monoisotopic (exact) mass is 208 g/mol. The molecule has 1 aliphatic rings. The van der Waals surface area contributed by atoms with E-state index in [1.807, 2.05) is 10.9 Å². The van der Waals surface area contributed by atoms with E-state index < -0.39 is 0 Å². The Hall–Kier alpha value is -0.900. The molecule has 1 saturated carbocycles. The van der Waals surface area contributed by atoms with Gasteiger partial charge < -0.3 is 5.73 Å². The lowest BCUT2D eigenvalue weighted by Crippen LogP contribution is -2.18. The smallest absolute Gasteiger partial charge is 0.0725 e. The molecule has 2 N–H and O–H groups in total. The highest BCUT2D eigenvalue weighted by atomic mass is 15.4. The minimum absolute atomic E-state index is 0.679. The summed E-state index contributed by atoms with van der Waals surface area (Å²) in [7, 11) is 0. The topological polar surface area (TPSA) is 56.7 Å². The maximum Gasteiger partial charge on any atom is 0.0725 e. The molecule has 1 aromatic rings. The molecule has 0 bridgehead atoms. The Morgan fingerprint density at radius 1 is 1.33 bits per heavy atom. The van der Waals surface area contributed by atoms with E-state index >= 15 is 0 Å². The Kier molecular flexibility index (Phi) is 3.72. The van der Waals surface area contributed by atoms with Crippen LogP contribution in [0.25, 0.3) is 0 Å². The van der Waals surface area contributed by atoms with Crippen molar-refractivity contribution in [3.8, 4) is 0 Å². The number of hydrogen-bond donors (Lipinski definition) is 1. The zero-order chi connectivity index (χ0) is 10.5. The van der Waals surface area contributed by atoms with Gasteiger partial charge in [-0.15, -0.1) is 5.10 Å². The quantitative estimate of drug-likeness (QED) is 0.812. The van der Waals surface area contributed by atoms with Crippen LogP contribution in [0, 0.1) is 5.92 Å². The van der Waals surface area contributed by atoms with Crippen molar-refractivity contribution in [1.82, 2.24) is 15.0 Å². The van der Waals surface area contributed by atoms with Gasteiger partial charge in [0.25, 0.3) is 0 Å². The predicted molar refractivity (Wildman–Crippen MR) is 59.4 cm³/mol. The number of nitrogens with two attached hydrogens (primary N) is 1. The van der Waals surface area contributed by atoms with Gasteiger partial charge in [-0.05, 0) is 25.3 Å². The second kappa shape index (κ2) is 5.26. The number of aromatic nitrogens is 3. The van der Waals surface area contributed by atoms with E-state index in [4.69, 9.17) is 5.73 Å². The van der Waals surface area contributed by atoms with Crippen LogP contribution in [-0.4, -0.2) is 21.5 Å². The molecule has 84 valence electrons. The minimum atomic E-state index is 0.679. The number of hydrogen-bond acceptors (Lipinski definition) is 3. The van der Waals surface area contributed by atoms with Gasteiger partial charge in [-0.2, -0.15) is 0 Å². The first-order chi connectivity index (χ1) is 7.40. The lowest BCUT2D eigenvalue weighted by Gasteiger charge is -2.21. The molecule has 4 nitrogen and oxygen atoms in total. The molecule has 0 spiro atoms. The molecule has 1 fully saturated rings. The van der Waals surface area contributed by atoms with Gasteiger partial charge in [-0.25, -0.2) is 4.68 Å². The summed E-state index contributed by atoms with van der Waals surface area (Å²) in [6.07, 6.45) is 9.60. The Morgan fingerprint density at radius 3 is 2.87 bits per heavy atom. The Balaban J connectivity index is 1.93. The van der Waals surface area contributed by atoms with Crippen molar-refractivity contribution in [2.45, 2.75) is 45.1 Å². The number of rotatable bonds is 4. The standard InChI is InChI=1S/C11H20N4/c12-7-6-11-8-13-14-15(11)9-10-4-2-1-3-5-10/h8,10H,1-7,9,12H2. The van der Waals surface area contributed by atoms with Gasteiger partial charge in [0.2, 0.25) is 0 Å². The average molecular weight is 208 g/mol. The van der Waals surface area contributed by atoms with Gasteiger partial charge in [0.05, 0.1) is 11.9 Å². The summed E-state index contributed by atoms with van der Waals surface area (Å²) in [6, 6.07) is 0. The van der Waals surface area contributed by atoms with Gasteiger partial charge in [0.15, 0.2) is 0 Å². The summed E-state index contributed by atoms with van der Waals surface area (Å²) in [5, 5.41) is 8.10. The van der Waals surface area contributed by atoms with E-state index in [-0.39, 0.29) is 0 Å². The Bertz CT molecular complexity index is 289. The maximum absolute atomic E-state index is 5.55. The lowest BCUT2D eigenvalue weighted by molar-refractivity contribution is 0.302. The van der Waals surface area contributed by atoms with E-state index in [0.29, 0.717) is 6.54 Å². The molecule has 1 heterocycles. The fourth-order valence-corrected chi connectivity index (χ4v) is 2.39. The first-order valence-electron chi connectivity index (χ1n) is 5.97. The van der Waals surface area contributed by atoms with Crippen LogP contribution in [0.15, 0.2) is 6.20 Å². The Morgan fingerprint density at radius 2 is 2.13 bits per heavy atom. The highest BCUT2D eigenvalue weighted by Crippen LogP contribution is 2.25. The molecule has 0 aliphatic heterocycles. The molecule has 2 rings (SSSR count). The summed E-state index contributed by atoms with van der Waals surface area (Å²) in [5.74, 6) is 0.803.